The van der Waals surface area contributed by atoms with Crippen LogP contribution in [0.15, 0.2) is 58.7 Å². The Balaban J connectivity index is 1.74. The number of aromatic amines is 2. The third-order valence-corrected chi connectivity index (χ3v) is 4.98. The van der Waals surface area contributed by atoms with Gasteiger partial charge in [0.1, 0.15) is 5.75 Å². The molecule has 0 radical (unpaired) electrons. The van der Waals surface area contributed by atoms with E-state index in [9.17, 15) is 18.0 Å². The van der Waals surface area contributed by atoms with Gasteiger partial charge in [-0.3, -0.25) is 4.79 Å². The average Bonchev–Trinajstić information content (AvgIpc) is 3.32. The molecule has 0 spiro atoms. The number of hydrazone groups is 1. The normalized spacial score (nSPS) is 12.1. The van der Waals surface area contributed by atoms with Crippen LogP contribution in [0.5, 0.6) is 5.75 Å². The molecule has 0 aliphatic heterocycles. The Morgan fingerprint density at radius 2 is 1.85 bits per heavy atom. The minimum absolute atomic E-state index is 0.0398. The fourth-order valence-corrected chi connectivity index (χ4v) is 3.37. The minimum atomic E-state index is -4.11. The lowest BCUT2D eigenvalue weighted by atomic mass is 10.00. The quantitative estimate of drug-likeness (QED) is 0.109. The molecular weight excluding hydrogens is 437 g/mol. The molecule has 0 saturated carbocycles. The molecule has 0 unspecified atom stereocenters. The predicted octanol–water partition coefficient (Wildman–Crippen LogP) is 3.62. The number of ether oxygens (including phenoxy) is 1. The summed E-state index contributed by atoms with van der Waals surface area (Å²) >= 11 is 0. The second-order valence-corrected chi connectivity index (χ2v) is 7.32. The van der Waals surface area contributed by atoms with Gasteiger partial charge in [-0.15, -0.1) is 0 Å². The maximum absolute atomic E-state index is 12.9. The number of amidine groups is 1. The number of hydrazine groups is 1. The summed E-state index contributed by atoms with van der Waals surface area (Å²) < 4.78 is 42.1. The summed E-state index contributed by atoms with van der Waals surface area (Å²) in [5, 5.41) is 3.56. The zero-order valence-electron chi connectivity index (χ0n) is 17.7. The Morgan fingerprint density at radius 1 is 1.09 bits per heavy atom. The first-order valence-electron chi connectivity index (χ1n) is 10.3. The van der Waals surface area contributed by atoms with E-state index in [0.717, 1.165) is 11.1 Å². The van der Waals surface area contributed by atoms with Gasteiger partial charge in [0.2, 0.25) is 0 Å². The first-order valence-corrected chi connectivity index (χ1v) is 10.3. The second-order valence-electron chi connectivity index (χ2n) is 7.32. The summed E-state index contributed by atoms with van der Waals surface area (Å²) in [6.07, 6.45) is -0.358. The molecule has 2 aromatic heterocycles. The molecule has 1 aromatic carbocycles. The molecule has 0 atom stereocenters. The lowest BCUT2D eigenvalue weighted by Gasteiger charge is -2.12. The third kappa shape index (κ3) is 6.39. The molecule has 3 aromatic rings. The van der Waals surface area contributed by atoms with Crippen molar-refractivity contribution in [2.24, 2.45) is 16.8 Å². The first-order chi connectivity index (χ1) is 15.8. The number of alkyl halides is 3. The van der Waals surface area contributed by atoms with Crippen molar-refractivity contribution >= 4 is 5.84 Å². The number of nitrogens with zero attached hydrogens (tertiary/aromatic N) is 1. The average molecular weight is 462 g/mol. The number of unbranched alkanes of at least 4 members (excludes halogenated alkanes) is 2. The Bertz CT molecular complexity index is 1120. The molecule has 0 saturated heterocycles. The number of nitrogens with one attached hydrogen (secondary N) is 3. The number of hydrogen-bond acceptors (Lipinski definition) is 5. The number of pyridine rings is 1. The van der Waals surface area contributed by atoms with E-state index < -0.39 is 18.2 Å². The highest BCUT2D eigenvalue weighted by molar-refractivity contribution is 6.04. The molecule has 33 heavy (non-hydrogen) atoms. The fourth-order valence-electron chi connectivity index (χ4n) is 3.37. The van der Waals surface area contributed by atoms with Crippen LogP contribution in [-0.2, 0) is 0 Å². The van der Waals surface area contributed by atoms with Crippen molar-refractivity contribution in [1.82, 2.24) is 15.4 Å². The van der Waals surface area contributed by atoms with Crippen molar-refractivity contribution < 1.29 is 17.9 Å². The number of H-pyrrole nitrogens is 2. The monoisotopic (exact) mass is 462 g/mol. The number of hydrogen-bond donors (Lipinski definition) is 5. The number of rotatable bonds is 9. The Labute approximate surface area is 187 Å². The van der Waals surface area contributed by atoms with Gasteiger partial charge >= 0.3 is 6.18 Å². The van der Waals surface area contributed by atoms with E-state index in [1.165, 1.54) is 0 Å². The maximum Gasteiger partial charge on any atom is 0.389 e. The number of halogens is 3. The maximum atomic E-state index is 12.9. The van der Waals surface area contributed by atoms with Gasteiger partial charge in [0.15, 0.2) is 5.84 Å². The predicted molar refractivity (Wildman–Crippen MR) is 120 cm³/mol. The summed E-state index contributed by atoms with van der Waals surface area (Å²) in [7, 11) is 0. The lowest BCUT2D eigenvalue weighted by Crippen LogP contribution is -2.36. The number of benzene rings is 1. The summed E-state index contributed by atoms with van der Waals surface area (Å²) in [6, 6.07) is 10.6. The van der Waals surface area contributed by atoms with Crippen molar-refractivity contribution in [2.45, 2.75) is 31.9 Å². The van der Waals surface area contributed by atoms with E-state index in [0.29, 0.717) is 36.5 Å². The van der Waals surface area contributed by atoms with Crippen molar-refractivity contribution in [3.8, 4) is 28.1 Å². The highest BCUT2D eigenvalue weighted by Crippen LogP contribution is 2.27. The van der Waals surface area contributed by atoms with Gasteiger partial charge in [-0.1, -0.05) is 0 Å². The molecule has 8 nitrogen and oxygen atoms in total. The van der Waals surface area contributed by atoms with Crippen LogP contribution in [0.3, 0.4) is 0 Å². The minimum Gasteiger partial charge on any atom is -0.494 e. The zero-order valence-corrected chi connectivity index (χ0v) is 17.7. The van der Waals surface area contributed by atoms with Crippen LogP contribution in [0.1, 0.15) is 31.2 Å². The largest absolute Gasteiger partial charge is 0.494 e. The Morgan fingerprint density at radius 3 is 2.45 bits per heavy atom. The van der Waals surface area contributed by atoms with Gasteiger partial charge in [0.25, 0.3) is 5.56 Å². The summed E-state index contributed by atoms with van der Waals surface area (Å²) in [5.74, 6) is 11.5. The fraction of sp³-hybridized carbons (Fsp3) is 0.273. The van der Waals surface area contributed by atoms with Gasteiger partial charge < -0.3 is 26.0 Å². The molecular formula is C22H25F3N6O2. The number of nitrogens with two attached hydrogens (primary N) is 2. The van der Waals surface area contributed by atoms with Gasteiger partial charge in [-0.05, 0) is 61.2 Å². The van der Waals surface area contributed by atoms with E-state index in [-0.39, 0.29) is 17.8 Å². The van der Waals surface area contributed by atoms with Gasteiger partial charge in [0, 0.05) is 35.6 Å². The molecule has 3 rings (SSSR count). The van der Waals surface area contributed by atoms with Crippen LogP contribution < -0.4 is 27.4 Å². The van der Waals surface area contributed by atoms with Crippen molar-refractivity contribution in [2.75, 3.05) is 6.61 Å². The summed E-state index contributed by atoms with van der Waals surface area (Å²) in [5.41, 5.74) is 4.74. The number of aromatic nitrogens is 2. The van der Waals surface area contributed by atoms with Crippen molar-refractivity contribution in [3.63, 3.8) is 0 Å². The van der Waals surface area contributed by atoms with Gasteiger partial charge in [-0.25, -0.2) is 5.84 Å². The van der Waals surface area contributed by atoms with E-state index in [1.54, 1.807) is 48.8 Å². The molecule has 0 amide bonds. The first kappa shape index (κ1) is 23.9. The summed E-state index contributed by atoms with van der Waals surface area (Å²) in [4.78, 5) is 18.6. The highest BCUT2D eigenvalue weighted by Gasteiger charge is 2.25. The highest BCUT2D eigenvalue weighted by atomic mass is 19.4. The van der Waals surface area contributed by atoms with Crippen LogP contribution in [0.25, 0.3) is 22.4 Å². The molecule has 0 aliphatic carbocycles. The lowest BCUT2D eigenvalue weighted by molar-refractivity contribution is -0.135. The molecule has 0 fully saturated rings. The SMILES string of the molecule is N/N=C(\NN)c1c(-c2cc[nH]c2)cc(-c2ccc(OCCCCCC(F)(F)F)cc2)[nH]c1=O. The Hall–Kier alpha value is -3.73. The van der Waals surface area contributed by atoms with E-state index in [1.807, 2.05) is 0 Å². The molecule has 11 heteroatoms. The summed E-state index contributed by atoms with van der Waals surface area (Å²) in [6.45, 7) is 0.327. The van der Waals surface area contributed by atoms with Gasteiger partial charge in [-0.2, -0.15) is 18.3 Å². The molecule has 2 heterocycles. The van der Waals surface area contributed by atoms with Crippen LogP contribution in [0, 0.1) is 0 Å². The second kappa shape index (κ2) is 10.7. The van der Waals surface area contributed by atoms with Crippen LogP contribution in [-0.4, -0.2) is 28.6 Å². The topological polar surface area (TPSA) is 134 Å². The van der Waals surface area contributed by atoms with Crippen molar-refractivity contribution in [1.29, 1.82) is 0 Å². The third-order valence-electron chi connectivity index (χ3n) is 4.98. The van der Waals surface area contributed by atoms with Crippen LogP contribution in [0.4, 0.5) is 13.2 Å². The molecule has 0 aliphatic rings. The zero-order chi connectivity index (χ0) is 23.8. The van der Waals surface area contributed by atoms with E-state index in [2.05, 4.69) is 20.5 Å². The van der Waals surface area contributed by atoms with E-state index >= 15 is 0 Å². The van der Waals surface area contributed by atoms with Gasteiger partial charge in [0.05, 0.1) is 12.2 Å². The van der Waals surface area contributed by atoms with E-state index in [4.69, 9.17) is 16.4 Å². The molecule has 0 bridgehead atoms. The van der Waals surface area contributed by atoms with Crippen LogP contribution in [0.2, 0.25) is 0 Å². The van der Waals surface area contributed by atoms with Crippen LogP contribution >= 0.6 is 0 Å². The molecule has 7 N–H and O–H groups in total. The smallest absolute Gasteiger partial charge is 0.389 e. The van der Waals surface area contributed by atoms with Crippen molar-refractivity contribution in [3.05, 3.63) is 64.7 Å². The Kier molecular flexibility index (Phi) is 7.78. The standard InChI is InChI=1S/C22H25F3N6O2/c23-22(24,25)9-2-1-3-11-33-16-6-4-14(5-7-16)18-12-17(15-8-10-28-13-15)19(21(32)29-18)20(30-26)31-27/h4-8,10,12-13,28H,1-3,9,11,26-27H2,(H,29,32)(H,30,31). The molecule has 176 valence electrons.